The highest BCUT2D eigenvalue weighted by atomic mass is 15.2. The number of anilines is 3. The van der Waals surface area contributed by atoms with Gasteiger partial charge in [-0.25, -0.2) is 0 Å². The van der Waals surface area contributed by atoms with Crippen LogP contribution in [0.4, 0.5) is 17.1 Å². The zero-order chi connectivity index (χ0) is 13.2. The van der Waals surface area contributed by atoms with E-state index in [9.17, 15) is 0 Å². The molecule has 1 rings (SSSR count). The SMILES string of the molecule is C=Cc1c(N(C)C)ccc(N(C)C)c1N(C)C. The molecule has 17 heavy (non-hydrogen) atoms. The summed E-state index contributed by atoms with van der Waals surface area (Å²) in [6.07, 6.45) is 1.93. The first kappa shape index (κ1) is 13.4. The summed E-state index contributed by atoms with van der Waals surface area (Å²) >= 11 is 0. The molecule has 0 bridgehead atoms. The Bertz CT molecular complexity index is 406. The molecule has 3 heteroatoms. The van der Waals surface area contributed by atoms with Gasteiger partial charge in [0.1, 0.15) is 0 Å². The lowest BCUT2D eigenvalue weighted by Crippen LogP contribution is -2.20. The van der Waals surface area contributed by atoms with Crippen LogP contribution in [-0.4, -0.2) is 42.3 Å². The fourth-order valence-corrected chi connectivity index (χ4v) is 2.01. The molecule has 0 unspecified atom stereocenters. The standard InChI is InChI=1S/C14H23N3/c1-8-11-12(15(2)3)9-10-13(16(4)5)14(11)17(6)7/h8-10H,1H2,2-7H3. The Hall–Kier alpha value is -1.64. The third kappa shape index (κ3) is 2.54. The Balaban J connectivity index is 3.55. The second-order valence-electron chi connectivity index (χ2n) is 4.75. The van der Waals surface area contributed by atoms with E-state index in [2.05, 4.69) is 75.7 Å². The molecule has 3 nitrogen and oxygen atoms in total. The number of benzene rings is 1. The van der Waals surface area contributed by atoms with Crippen molar-refractivity contribution < 1.29 is 0 Å². The van der Waals surface area contributed by atoms with E-state index in [4.69, 9.17) is 0 Å². The molecule has 0 aliphatic rings. The Labute approximate surface area is 105 Å². The van der Waals surface area contributed by atoms with Gasteiger partial charge in [0.05, 0.1) is 11.4 Å². The minimum Gasteiger partial charge on any atom is -0.377 e. The van der Waals surface area contributed by atoms with Gasteiger partial charge in [0.25, 0.3) is 0 Å². The first-order chi connectivity index (χ1) is 7.90. The molecular formula is C14H23N3. The van der Waals surface area contributed by atoms with Gasteiger partial charge in [0.2, 0.25) is 0 Å². The molecule has 1 aromatic rings. The van der Waals surface area contributed by atoms with Gasteiger partial charge in [-0.05, 0) is 12.1 Å². The first-order valence-corrected chi connectivity index (χ1v) is 5.71. The van der Waals surface area contributed by atoms with E-state index >= 15 is 0 Å². The lowest BCUT2D eigenvalue weighted by atomic mass is 10.1. The van der Waals surface area contributed by atoms with Crippen molar-refractivity contribution in [1.82, 2.24) is 0 Å². The van der Waals surface area contributed by atoms with Gasteiger partial charge in [-0.1, -0.05) is 12.7 Å². The summed E-state index contributed by atoms with van der Waals surface area (Å²) in [5, 5.41) is 0. The molecule has 0 aromatic heterocycles. The quantitative estimate of drug-likeness (QED) is 0.791. The number of hydrogen-bond donors (Lipinski definition) is 0. The summed E-state index contributed by atoms with van der Waals surface area (Å²) in [4.78, 5) is 6.38. The van der Waals surface area contributed by atoms with Crippen molar-refractivity contribution in [1.29, 1.82) is 0 Å². The summed E-state index contributed by atoms with van der Waals surface area (Å²) in [6, 6.07) is 4.29. The van der Waals surface area contributed by atoms with E-state index < -0.39 is 0 Å². The van der Waals surface area contributed by atoms with E-state index in [0.29, 0.717) is 0 Å². The van der Waals surface area contributed by atoms with E-state index in [1.807, 2.05) is 6.08 Å². The number of nitrogens with zero attached hydrogens (tertiary/aromatic N) is 3. The molecule has 0 spiro atoms. The molecule has 0 heterocycles. The van der Waals surface area contributed by atoms with Gasteiger partial charge in [-0.2, -0.15) is 0 Å². The maximum atomic E-state index is 3.95. The van der Waals surface area contributed by atoms with Crippen molar-refractivity contribution in [3.63, 3.8) is 0 Å². The van der Waals surface area contributed by atoms with Crippen molar-refractivity contribution >= 4 is 23.1 Å². The first-order valence-electron chi connectivity index (χ1n) is 5.71. The zero-order valence-corrected chi connectivity index (χ0v) is 11.8. The maximum absolute atomic E-state index is 3.95. The lowest BCUT2D eigenvalue weighted by molar-refractivity contribution is 1.06. The molecule has 0 fully saturated rings. The summed E-state index contributed by atoms with van der Waals surface area (Å²) in [5.41, 5.74) is 4.77. The van der Waals surface area contributed by atoms with Crippen LogP contribution in [0.3, 0.4) is 0 Å². The highest BCUT2D eigenvalue weighted by Crippen LogP contribution is 2.37. The molecule has 0 aliphatic heterocycles. The maximum Gasteiger partial charge on any atom is 0.0693 e. The Morgan fingerprint density at radius 3 is 1.65 bits per heavy atom. The molecule has 0 radical (unpaired) electrons. The van der Waals surface area contributed by atoms with Gasteiger partial charge >= 0.3 is 0 Å². The highest BCUT2D eigenvalue weighted by Gasteiger charge is 2.15. The summed E-state index contributed by atoms with van der Waals surface area (Å²) in [5.74, 6) is 0. The van der Waals surface area contributed by atoms with Gasteiger partial charge in [-0.15, -0.1) is 0 Å². The molecule has 0 atom stereocenters. The lowest BCUT2D eigenvalue weighted by Gasteiger charge is -2.28. The van der Waals surface area contributed by atoms with Crippen molar-refractivity contribution in [3.05, 3.63) is 24.3 Å². The Kier molecular flexibility index (Phi) is 4.05. The predicted octanol–water partition coefficient (Wildman–Crippen LogP) is 2.53. The largest absolute Gasteiger partial charge is 0.377 e. The second-order valence-corrected chi connectivity index (χ2v) is 4.75. The molecule has 0 aliphatic carbocycles. The molecule has 0 N–H and O–H groups in total. The Morgan fingerprint density at radius 1 is 0.824 bits per heavy atom. The minimum atomic E-state index is 1.17. The van der Waals surface area contributed by atoms with Crippen molar-refractivity contribution in [2.75, 3.05) is 57.0 Å². The molecule has 0 amide bonds. The number of hydrogen-bond acceptors (Lipinski definition) is 3. The summed E-state index contributed by atoms with van der Waals surface area (Å²) < 4.78 is 0. The van der Waals surface area contributed by atoms with E-state index in [1.54, 1.807) is 0 Å². The Morgan fingerprint density at radius 2 is 1.29 bits per heavy atom. The van der Waals surface area contributed by atoms with Gasteiger partial charge in [0, 0.05) is 53.5 Å². The van der Waals surface area contributed by atoms with Crippen LogP contribution >= 0.6 is 0 Å². The fourth-order valence-electron chi connectivity index (χ4n) is 2.01. The van der Waals surface area contributed by atoms with Crippen LogP contribution in [0.25, 0.3) is 6.08 Å². The van der Waals surface area contributed by atoms with E-state index in [1.165, 1.54) is 22.6 Å². The van der Waals surface area contributed by atoms with Crippen LogP contribution in [0.1, 0.15) is 5.56 Å². The predicted molar refractivity (Wildman–Crippen MR) is 79.5 cm³/mol. The average Bonchev–Trinajstić information content (AvgIpc) is 2.26. The third-order valence-corrected chi connectivity index (χ3v) is 2.79. The number of rotatable bonds is 4. The minimum absolute atomic E-state index is 1.17. The molecular weight excluding hydrogens is 210 g/mol. The molecule has 0 saturated carbocycles. The van der Waals surface area contributed by atoms with Gasteiger partial charge < -0.3 is 14.7 Å². The molecule has 0 saturated heterocycles. The normalized spacial score (nSPS) is 10.0. The molecule has 1 aromatic carbocycles. The van der Waals surface area contributed by atoms with E-state index in [0.717, 1.165) is 0 Å². The van der Waals surface area contributed by atoms with E-state index in [-0.39, 0.29) is 0 Å². The van der Waals surface area contributed by atoms with Crippen molar-refractivity contribution in [2.45, 2.75) is 0 Å². The fraction of sp³-hybridized carbons (Fsp3) is 0.429. The van der Waals surface area contributed by atoms with Crippen LogP contribution in [0.2, 0.25) is 0 Å². The third-order valence-electron chi connectivity index (χ3n) is 2.79. The van der Waals surface area contributed by atoms with Gasteiger partial charge in [0.15, 0.2) is 0 Å². The topological polar surface area (TPSA) is 9.72 Å². The smallest absolute Gasteiger partial charge is 0.0693 e. The summed E-state index contributed by atoms with van der Waals surface area (Å²) in [6.45, 7) is 3.95. The summed E-state index contributed by atoms with van der Waals surface area (Å²) in [7, 11) is 12.4. The van der Waals surface area contributed by atoms with Crippen LogP contribution in [0, 0.1) is 0 Å². The van der Waals surface area contributed by atoms with Crippen molar-refractivity contribution in [2.24, 2.45) is 0 Å². The second kappa shape index (κ2) is 5.13. The molecule has 94 valence electrons. The van der Waals surface area contributed by atoms with Crippen molar-refractivity contribution in [3.8, 4) is 0 Å². The zero-order valence-electron chi connectivity index (χ0n) is 11.8. The monoisotopic (exact) mass is 233 g/mol. The van der Waals surface area contributed by atoms with Crippen LogP contribution in [-0.2, 0) is 0 Å². The van der Waals surface area contributed by atoms with Crippen LogP contribution in [0.15, 0.2) is 18.7 Å². The highest BCUT2D eigenvalue weighted by molar-refractivity contribution is 5.87. The van der Waals surface area contributed by atoms with Crippen LogP contribution in [0.5, 0.6) is 0 Å². The van der Waals surface area contributed by atoms with Gasteiger partial charge in [-0.3, -0.25) is 0 Å². The average molecular weight is 233 g/mol. The van der Waals surface area contributed by atoms with Crippen LogP contribution < -0.4 is 14.7 Å².